The summed E-state index contributed by atoms with van der Waals surface area (Å²) in [4.78, 5) is 12.0. The number of anilines is 1. The maximum absolute atomic E-state index is 9.75. The van der Waals surface area contributed by atoms with Crippen molar-refractivity contribution in [3.8, 4) is 5.88 Å². The summed E-state index contributed by atoms with van der Waals surface area (Å²) < 4.78 is 11.7. The Kier molecular flexibility index (Phi) is 6.11. The highest BCUT2D eigenvalue weighted by atomic mass is 16.5. The lowest BCUT2D eigenvalue weighted by Crippen LogP contribution is -2.57. The molecule has 0 radical (unpaired) electrons. The number of benzene rings is 1. The van der Waals surface area contributed by atoms with Crippen molar-refractivity contribution < 1.29 is 14.4 Å². The molecular formula is C26H33N5O3. The standard InChI is InChI=1S/C26H33N5O3/c32-22-10-11-29(17-22)15-20-4-3-7-25(27-20)33-18-19-8-9-21-16-31(13-12-30(21)14-19)26-23-5-1-2-6-24(23)34-28-26/h1-7,19,21-22,32H,8-18H2/t19-,21-,22?/m1/s1. The maximum atomic E-state index is 9.75. The Morgan fingerprint density at radius 1 is 0.971 bits per heavy atom. The van der Waals surface area contributed by atoms with Gasteiger partial charge in [0.15, 0.2) is 11.4 Å². The second kappa shape index (κ2) is 9.52. The van der Waals surface area contributed by atoms with Gasteiger partial charge in [0.2, 0.25) is 5.88 Å². The number of likely N-dealkylation sites (tertiary alicyclic amines) is 1. The first-order valence-corrected chi connectivity index (χ1v) is 12.5. The second-order valence-corrected chi connectivity index (χ2v) is 10.00. The van der Waals surface area contributed by atoms with Crippen molar-refractivity contribution in [2.24, 2.45) is 5.92 Å². The molecular weight excluding hydrogens is 430 g/mol. The van der Waals surface area contributed by atoms with Crippen molar-refractivity contribution in [3.63, 3.8) is 0 Å². The topological polar surface area (TPSA) is 78.1 Å². The average Bonchev–Trinajstić information content (AvgIpc) is 3.48. The smallest absolute Gasteiger partial charge is 0.213 e. The van der Waals surface area contributed by atoms with Gasteiger partial charge >= 0.3 is 0 Å². The normalized spacial score (nSPS) is 26.1. The summed E-state index contributed by atoms with van der Waals surface area (Å²) in [6, 6.07) is 14.7. The minimum Gasteiger partial charge on any atom is -0.477 e. The molecule has 3 saturated heterocycles. The molecule has 1 unspecified atom stereocenters. The van der Waals surface area contributed by atoms with Gasteiger partial charge in [-0.15, -0.1) is 0 Å². The molecule has 3 aliphatic rings. The van der Waals surface area contributed by atoms with E-state index >= 15 is 0 Å². The quantitative estimate of drug-likeness (QED) is 0.598. The highest BCUT2D eigenvalue weighted by Gasteiger charge is 2.34. The number of fused-ring (bicyclic) bond motifs is 2. The number of piperazine rings is 1. The lowest BCUT2D eigenvalue weighted by Gasteiger charge is -2.46. The van der Waals surface area contributed by atoms with Gasteiger partial charge in [-0.25, -0.2) is 4.98 Å². The van der Waals surface area contributed by atoms with Gasteiger partial charge in [-0.3, -0.25) is 9.80 Å². The van der Waals surface area contributed by atoms with E-state index in [1.165, 1.54) is 12.8 Å². The zero-order valence-corrected chi connectivity index (χ0v) is 19.6. The van der Waals surface area contributed by atoms with Crippen LogP contribution in [0.25, 0.3) is 11.0 Å². The molecule has 2 aromatic heterocycles. The first kappa shape index (κ1) is 21.8. The third-order valence-electron chi connectivity index (χ3n) is 7.54. The number of rotatable bonds is 6. The number of aromatic nitrogens is 2. The minimum atomic E-state index is -0.202. The number of pyridine rings is 1. The fourth-order valence-corrected chi connectivity index (χ4v) is 5.70. The lowest BCUT2D eigenvalue weighted by atomic mass is 9.91. The van der Waals surface area contributed by atoms with E-state index < -0.39 is 0 Å². The molecule has 3 fully saturated rings. The third kappa shape index (κ3) is 4.62. The molecule has 3 aromatic rings. The second-order valence-electron chi connectivity index (χ2n) is 10.00. The molecule has 5 heterocycles. The Bertz CT molecular complexity index is 1120. The van der Waals surface area contributed by atoms with Crippen molar-refractivity contribution in [2.75, 3.05) is 50.8 Å². The van der Waals surface area contributed by atoms with Crippen LogP contribution in [0.4, 0.5) is 5.82 Å². The van der Waals surface area contributed by atoms with Crippen molar-refractivity contribution in [2.45, 2.75) is 38.0 Å². The van der Waals surface area contributed by atoms with E-state index in [0.29, 0.717) is 24.4 Å². The summed E-state index contributed by atoms with van der Waals surface area (Å²) in [5, 5.41) is 15.2. The molecule has 0 amide bonds. The monoisotopic (exact) mass is 463 g/mol. The van der Waals surface area contributed by atoms with Gasteiger partial charge < -0.3 is 19.3 Å². The highest BCUT2D eigenvalue weighted by Crippen LogP contribution is 2.31. The highest BCUT2D eigenvalue weighted by molar-refractivity contribution is 5.88. The maximum Gasteiger partial charge on any atom is 0.213 e. The van der Waals surface area contributed by atoms with Gasteiger partial charge in [0.25, 0.3) is 0 Å². The Hall–Kier alpha value is -2.68. The van der Waals surface area contributed by atoms with Crippen LogP contribution in [0, 0.1) is 5.92 Å². The van der Waals surface area contributed by atoms with E-state index in [2.05, 4.69) is 25.9 Å². The summed E-state index contributed by atoms with van der Waals surface area (Å²) in [6.07, 6.45) is 2.99. The number of piperidine rings is 1. The van der Waals surface area contributed by atoms with Gasteiger partial charge in [-0.2, -0.15) is 0 Å². The van der Waals surface area contributed by atoms with Crippen LogP contribution >= 0.6 is 0 Å². The van der Waals surface area contributed by atoms with E-state index in [-0.39, 0.29) is 6.10 Å². The largest absolute Gasteiger partial charge is 0.477 e. The lowest BCUT2D eigenvalue weighted by molar-refractivity contribution is 0.0716. The molecule has 3 aliphatic heterocycles. The number of para-hydroxylation sites is 1. The van der Waals surface area contributed by atoms with Crippen LogP contribution in [-0.2, 0) is 6.54 Å². The number of nitrogens with zero attached hydrogens (tertiary/aromatic N) is 5. The molecule has 1 aromatic carbocycles. The molecule has 180 valence electrons. The number of aliphatic hydroxyl groups is 1. The molecule has 6 rings (SSSR count). The number of β-amino-alcohol motifs (C(OH)–C–C–N with tert-alkyl or cyclic N) is 1. The molecule has 34 heavy (non-hydrogen) atoms. The average molecular weight is 464 g/mol. The first-order chi connectivity index (χ1) is 16.7. The van der Waals surface area contributed by atoms with Gasteiger partial charge in [-0.05, 0) is 37.5 Å². The van der Waals surface area contributed by atoms with Crippen LogP contribution in [0.15, 0.2) is 47.0 Å². The van der Waals surface area contributed by atoms with Crippen LogP contribution in [0.2, 0.25) is 0 Å². The Balaban J connectivity index is 1.01. The van der Waals surface area contributed by atoms with Crippen LogP contribution in [0.3, 0.4) is 0 Å². The van der Waals surface area contributed by atoms with Gasteiger partial charge in [0, 0.05) is 63.8 Å². The van der Waals surface area contributed by atoms with Crippen LogP contribution in [0.5, 0.6) is 5.88 Å². The summed E-state index contributed by atoms with van der Waals surface area (Å²) in [7, 11) is 0. The minimum absolute atomic E-state index is 0.202. The number of hydrogen-bond donors (Lipinski definition) is 1. The van der Waals surface area contributed by atoms with Crippen molar-refractivity contribution >= 4 is 16.8 Å². The predicted molar refractivity (Wildman–Crippen MR) is 130 cm³/mol. The molecule has 1 N–H and O–H groups in total. The predicted octanol–water partition coefficient (Wildman–Crippen LogP) is 2.77. The van der Waals surface area contributed by atoms with Crippen molar-refractivity contribution in [1.29, 1.82) is 0 Å². The van der Waals surface area contributed by atoms with E-state index in [1.807, 2.05) is 36.4 Å². The number of hydrogen-bond acceptors (Lipinski definition) is 8. The number of ether oxygens (including phenoxy) is 1. The zero-order chi connectivity index (χ0) is 22.9. The van der Waals surface area contributed by atoms with Gasteiger partial charge in [0.05, 0.1) is 23.8 Å². The Morgan fingerprint density at radius 2 is 1.91 bits per heavy atom. The summed E-state index contributed by atoms with van der Waals surface area (Å²) in [5.41, 5.74) is 1.86. The third-order valence-corrected chi connectivity index (χ3v) is 7.54. The molecule has 0 spiro atoms. The molecule has 8 heteroatoms. The number of aliphatic hydroxyl groups excluding tert-OH is 1. The molecule has 0 aliphatic carbocycles. The first-order valence-electron chi connectivity index (χ1n) is 12.5. The van der Waals surface area contributed by atoms with E-state index in [0.717, 1.165) is 74.7 Å². The fourth-order valence-electron chi connectivity index (χ4n) is 5.70. The van der Waals surface area contributed by atoms with Gasteiger partial charge in [0.1, 0.15) is 0 Å². The van der Waals surface area contributed by atoms with Crippen LogP contribution in [0.1, 0.15) is 25.0 Å². The van der Waals surface area contributed by atoms with Crippen molar-refractivity contribution in [3.05, 3.63) is 48.2 Å². The van der Waals surface area contributed by atoms with Crippen LogP contribution < -0.4 is 9.64 Å². The summed E-state index contributed by atoms with van der Waals surface area (Å²) in [5.74, 6) is 2.21. The Labute approximate surface area is 200 Å². The Morgan fingerprint density at radius 3 is 2.82 bits per heavy atom. The summed E-state index contributed by atoms with van der Waals surface area (Å²) in [6.45, 7) is 7.22. The summed E-state index contributed by atoms with van der Waals surface area (Å²) >= 11 is 0. The fraction of sp³-hybridized carbons (Fsp3) is 0.538. The molecule has 0 saturated carbocycles. The van der Waals surface area contributed by atoms with E-state index in [4.69, 9.17) is 14.2 Å². The van der Waals surface area contributed by atoms with Crippen molar-refractivity contribution in [1.82, 2.24) is 19.9 Å². The van der Waals surface area contributed by atoms with Gasteiger partial charge in [-0.1, -0.05) is 23.4 Å². The SMILES string of the molecule is OC1CCN(Cc2cccc(OC[C@@H]3CC[C@@H]4CN(c5noc6ccccc56)CCN4C3)n2)C1. The molecule has 3 atom stereocenters. The van der Waals surface area contributed by atoms with Crippen LogP contribution in [-0.4, -0.2) is 83.1 Å². The van der Waals surface area contributed by atoms with E-state index in [1.54, 1.807) is 0 Å². The van der Waals surface area contributed by atoms with E-state index in [9.17, 15) is 5.11 Å². The zero-order valence-electron chi connectivity index (χ0n) is 19.6. The molecule has 0 bridgehead atoms. The molecule has 8 nitrogen and oxygen atoms in total.